The minimum Gasteiger partial charge on any atom is -0.457 e. The molecule has 1 aromatic heterocycles. The molecular formula is C27H30F2O6S. The van der Waals surface area contributed by atoms with E-state index in [2.05, 4.69) is 0 Å². The molecule has 0 amide bonds. The second-order valence-corrected chi connectivity index (χ2v) is 12.0. The highest BCUT2D eigenvalue weighted by Crippen LogP contribution is 2.69. The van der Waals surface area contributed by atoms with Gasteiger partial charge in [0.2, 0.25) is 16.7 Å². The minimum atomic E-state index is -1.68. The zero-order valence-corrected chi connectivity index (χ0v) is 21.3. The molecule has 4 aliphatic carbocycles. The van der Waals surface area contributed by atoms with Crippen LogP contribution in [0.1, 0.15) is 57.0 Å². The molecule has 4 aliphatic rings. The molecule has 5 rings (SSSR count). The number of hydrogen-bond donors (Lipinski definition) is 1. The SMILES string of the molecule is C[C@@H]1C[C@H]2[C@@H]3CCC4=CC(=O)C(F)=C[C@]4(C)[C@H]3[C@@H](O)C[C@]2(C)[C@@]1(OC(=O)c1ccco1)C(=O)SCF. The van der Waals surface area contributed by atoms with Gasteiger partial charge in [0.1, 0.15) is 6.01 Å². The lowest BCUT2D eigenvalue weighted by Gasteiger charge is -2.59. The summed E-state index contributed by atoms with van der Waals surface area (Å²) >= 11 is 0.472. The first-order chi connectivity index (χ1) is 17.0. The molecule has 0 unspecified atom stereocenters. The quantitative estimate of drug-likeness (QED) is 0.547. The van der Waals surface area contributed by atoms with Crippen LogP contribution >= 0.6 is 11.8 Å². The number of ether oxygens (including phenoxy) is 1. The van der Waals surface area contributed by atoms with Crippen LogP contribution in [0.4, 0.5) is 8.78 Å². The van der Waals surface area contributed by atoms with Crippen LogP contribution in [0.5, 0.6) is 0 Å². The normalized spacial score (nSPS) is 41.5. The van der Waals surface area contributed by atoms with E-state index in [0.29, 0.717) is 31.0 Å². The molecule has 0 aromatic carbocycles. The van der Waals surface area contributed by atoms with Crippen LogP contribution in [-0.4, -0.2) is 39.7 Å². The minimum absolute atomic E-state index is 0.0617. The standard InChI is InChI=1S/C27H30F2O6S/c1-14-9-17-16-7-6-15-10-19(30)18(29)11-25(15,2)22(16)20(31)12-26(17,3)27(14,24(33)36-13-28)35-23(32)21-5-4-8-34-21/h4-5,8,10-11,14,16-17,20,22,31H,6-7,9,12-13H2,1-3H3/t14-,16+,17+,20+,22-,25+,26+,27+/m1/s1. The number of esters is 1. The lowest BCUT2D eigenvalue weighted by atomic mass is 9.46. The first kappa shape index (κ1) is 25.4. The first-order valence-electron chi connectivity index (χ1n) is 12.3. The third kappa shape index (κ3) is 3.34. The van der Waals surface area contributed by atoms with Crippen molar-refractivity contribution in [1.82, 2.24) is 0 Å². The Kier molecular flexibility index (Phi) is 6.10. The summed E-state index contributed by atoms with van der Waals surface area (Å²) in [6.07, 6.45) is 4.92. The largest absolute Gasteiger partial charge is 0.457 e. The molecule has 194 valence electrons. The van der Waals surface area contributed by atoms with Crippen molar-refractivity contribution in [2.45, 2.75) is 58.2 Å². The Balaban J connectivity index is 1.58. The number of fused-ring (bicyclic) bond motifs is 5. The Hall–Kier alpha value is -2.26. The number of ketones is 1. The number of carbonyl (C=O) groups excluding carboxylic acids is 3. The number of halogens is 2. The molecule has 0 radical (unpaired) electrons. The molecule has 1 aromatic rings. The van der Waals surface area contributed by atoms with Crippen molar-refractivity contribution >= 4 is 28.6 Å². The van der Waals surface area contributed by atoms with E-state index < -0.39 is 57.2 Å². The predicted molar refractivity (Wildman–Crippen MR) is 128 cm³/mol. The van der Waals surface area contributed by atoms with Crippen LogP contribution in [0, 0.1) is 34.5 Å². The summed E-state index contributed by atoms with van der Waals surface area (Å²) in [6.45, 7) is 5.53. The van der Waals surface area contributed by atoms with Crippen molar-refractivity contribution < 1.29 is 37.4 Å². The molecule has 6 nitrogen and oxygen atoms in total. The number of aliphatic hydroxyl groups excluding tert-OH is 1. The van der Waals surface area contributed by atoms with Crippen molar-refractivity contribution in [3.63, 3.8) is 0 Å². The van der Waals surface area contributed by atoms with E-state index in [1.165, 1.54) is 30.5 Å². The van der Waals surface area contributed by atoms with Gasteiger partial charge in [0.05, 0.1) is 12.4 Å². The number of allylic oxidation sites excluding steroid dienone is 4. The smallest absolute Gasteiger partial charge is 0.375 e. The molecular weight excluding hydrogens is 490 g/mol. The van der Waals surface area contributed by atoms with Gasteiger partial charge in [0, 0.05) is 22.7 Å². The molecule has 36 heavy (non-hydrogen) atoms. The number of aliphatic hydroxyl groups is 1. The van der Waals surface area contributed by atoms with Crippen LogP contribution in [0.3, 0.4) is 0 Å². The molecule has 3 fully saturated rings. The zero-order valence-electron chi connectivity index (χ0n) is 20.5. The molecule has 0 saturated heterocycles. The summed E-state index contributed by atoms with van der Waals surface area (Å²) in [5.41, 5.74) is -2.69. The fourth-order valence-electron chi connectivity index (χ4n) is 8.14. The number of hydrogen-bond acceptors (Lipinski definition) is 7. The Morgan fingerprint density at radius 1 is 1.33 bits per heavy atom. The fourth-order valence-corrected chi connectivity index (χ4v) is 8.93. The van der Waals surface area contributed by atoms with E-state index in [1.807, 2.05) is 20.8 Å². The highest BCUT2D eigenvalue weighted by molar-refractivity contribution is 8.13. The van der Waals surface area contributed by atoms with Crippen molar-refractivity contribution in [2.75, 3.05) is 6.01 Å². The van der Waals surface area contributed by atoms with Crippen LogP contribution in [0.15, 0.2) is 46.4 Å². The lowest BCUT2D eigenvalue weighted by Crippen LogP contribution is -2.63. The van der Waals surface area contributed by atoms with Gasteiger partial charge in [0.15, 0.2) is 11.4 Å². The summed E-state index contributed by atoms with van der Waals surface area (Å²) in [5, 5.41) is 11.0. The van der Waals surface area contributed by atoms with E-state index in [9.17, 15) is 28.3 Å². The van der Waals surface area contributed by atoms with Gasteiger partial charge in [-0.1, -0.05) is 26.3 Å². The van der Waals surface area contributed by atoms with Gasteiger partial charge in [-0.3, -0.25) is 9.59 Å². The number of rotatable bonds is 4. The van der Waals surface area contributed by atoms with Crippen molar-refractivity contribution in [1.29, 1.82) is 0 Å². The van der Waals surface area contributed by atoms with Gasteiger partial charge < -0.3 is 14.3 Å². The summed E-state index contributed by atoms with van der Waals surface area (Å²) < 4.78 is 39.2. The van der Waals surface area contributed by atoms with Gasteiger partial charge in [-0.25, -0.2) is 13.6 Å². The number of carbonyl (C=O) groups is 3. The molecule has 0 spiro atoms. The summed E-state index contributed by atoms with van der Waals surface area (Å²) in [4.78, 5) is 38.7. The average molecular weight is 521 g/mol. The van der Waals surface area contributed by atoms with E-state index in [-0.39, 0.29) is 29.9 Å². The fraction of sp³-hybridized carbons (Fsp3) is 0.593. The molecule has 0 bridgehead atoms. The monoisotopic (exact) mass is 520 g/mol. The molecule has 1 N–H and O–H groups in total. The van der Waals surface area contributed by atoms with Crippen LogP contribution in [0.2, 0.25) is 0 Å². The number of alkyl halides is 1. The average Bonchev–Trinajstić information content (AvgIpc) is 3.41. The maximum Gasteiger partial charge on any atom is 0.375 e. The second kappa shape index (κ2) is 8.65. The molecule has 0 aliphatic heterocycles. The molecule has 3 saturated carbocycles. The Morgan fingerprint density at radius 2 is 2.08 bits per heavy atom. The van der Waals surface area contributed by atoms with Gasteiger partial charge >= 0.3 is 5.97 Å². The van der Waals surface area contributed by atoms with Crippen molar-refractivity contribution in [2.24, 2.45) is 34.5 Å². The summed E-state index contributed by atoms with van der Waals surface area (Å²) in [6, 6.07) is 2.01. The zero-order chi connectivity index (χ0) is 26.0. The topological polar surface area (TPSA) is 93.8 Å². The maximum absolute atomic E-state index is 14.5. The van der Waals surface area contributed by atoms with Crippen LogP contribution < -0.4 is 0 Å². The summed E-state index contributed by atoms with van der Waals surface area (Å²) in [7, 11) is 0. The van der Waals surface area contributed by atoms with Crippen molar-refractivity contribution in [3.8, 4) is 0 Å². The lowest BCUT2D eigenvalue weighted by molar-refractivity contribution is -0.177. The van der Waals surface area contributed by atoms with Gasteiger partial charge in [-0.15, -0.1) is 0 Å². The summed E-state index contributed by atoms with van der Waals surface area (Å²) in [5.74, 6) is -3.43. The van der Waals surface area contributed by atoms with Gasteiger partial charge in [0.25, 0.3) is 0 Å². The maximum atomic E-state index is 14.5. The third-order valence-corrected chi connectivity index (χ3v) is 10.2. The van der Waals surface area contributed by atoms with E-state index >= 15 is 0 Å². The highest BCUT2D eigenvalue weighted by Gasteiger charge is 2.73. The van der Waals surface area contributed by atoms with Gasteiger partial charge in [-0.2, -0.15) is 0 Å². The first-order valence-corrected chi connectivity index (χ1v) is 13.3. The molecule has 8 atom stereocenters. The van der Waals surface area contributed by atoms with Crippen LogP contribution in [-0.2, 0) is 14.3 Å². The Labute approximate surface area is 212 Å². The predicted octanol–water partition coefficient (Wildman–Crippen LogP) is 5.18. The highest BCUT2D eigenvalue weighted by atomic mass is 32.2. The molecule has 9 heteroatoms. The number of furan rings is 1. The number of thioether (sulfide) groups is 1. The van der Waals surface area contributed by atoms with Gasteiger partial charge in [-0.05, 0) is 73.6 Å². The van der Waals surface area contributed by atoms with E-state index in [0.717, 1.165) is 5.57 Å². The third-order valence-electron chi connectivity index (χ3n) is 9.56. The second-order valence-electron chi connectivity index (χ2n) is 11.1. The molecule has 1 heterocycles. The van der Waals surface area contributed by atoms with Crippen molar-refractivity contribution in [3.05, 3.63) is 47.7 Å². The van der Waals surface area contributed by atoms with E-state index in [1.54, 1.807) is 0 Å². The van der Waals surface area contributed by atoms with Crippen LogP contribution in [0.25, 0.3) is 0 Å². The van der Waals surface area contributed by atoms with E-state index in [4.69, 9.17) is 9.15 Å². The Morgan fingerprint density at radius 3 is 2.75 bits per heavy atom. The Bertz CT molecular complexity index is 1160.